The maximum Gasteiger partial charge on any atom is 0.140 e. The highest BCUT2D eigenvalue weighted by Crippen LogP contribution is 2.71. The molecule has 8 saturated carbocycles. The van der Waals surface area contributed by atoms with E-state index in [1.165, 1.54) is 0 Å². The van der Waals surface area contributed by atoms with E-state index in [4.69, 9.17) is 0 Å². The summed E-state index contributed by atoms with van der Waals surface area (Å²) in [6.45, 7) is 0. The van der Waals surface area contributed by atoms with Crippen LogP contribution in [0.5, 0.6) is 0 Å². The largest absolute Gasteiger partial charge is 0.299 e. The van der Waals surface area contributed by atoms with Gasteiger partial charge in [-0.1, -0.05) is 11.1 Å². The summed E-state index contributed by atoms with van der Waals surface area (Å²) >= 11 is 0. The molecule has 18 heavy (non-hydrogen) atoms. The van der Waals surface area contributed by atoms with E-state index < -0.39 is 0 Å². The molecular formula is C16H16O2. The van der Waals surface area contributed by atoms with Crippen LogP contribution in [0, 0.1) is 47.3 Å². The summed E-state index contributed by atoms with van der Waals surface area (Å²) in [6, 6.07) is 0. The molecular weight excluding hydrogens is 224 g/mol. The van der Waals surface area contributed by atoms with E-state index in [2.05, 4.69) is 0 Å². The molecule has 92 valence electrons. The van der Waals surface area contributed by atoms with Crippen molar-refractivity contribution in [2.75, 3.05) is 0 Å². The second-order valence-corrected chi connectivity index (χ2v) is 7.51. The first kappa shape index (κ1) is 9.06. The van der Waals surface area contributed by atoms with Crippen LogP contribution in [0.2, 0.25) is 0 Å². The third kappa shape index (κ3) is 0.664. The molecule has 2 heteroatoms. The molecule has 8 bridgehead atoms. The maximum absolute atomic E-state index is 12.0. The molecule has 2 nitrogen and oxygen atoms in total. The Balaban J connectivity index is 1.54. The average Bonchev–Trinajstić information content (AvgIpc) is 3.14. The molecule has 0 unspecified atom stereocenters. The minimum atomic E-state index is 0.398. The number of carbonyl (C=O) groups is 2. The van der Waals surface area contributed by atoms with Crippen molar-refractivity contribution in [3.05, 3.63) is 11.1 Å². The topological polar surface area (TPSA) is 34.1 Å². The molecule has 8 aliphatic rings. The Morgan fingerprint density at radius 1 is 0.500 bits per heavy atom. The van der Waals surface area contributed by atoms with E-state index in [9.17, 15) is 9.59 Å². The SMILES string of the molecule is O=C1[C@H]2C[C@@H]3C(=C4[C@@H]5C[C@H]6C(=O)[C@@H]5C[C@@H]46)[C@H]2C[C@H]13. The van der Waals surface area contributed by atoms with Gasteiger partial charge in [0.15, 0.2) is 0 Å². The standard InChI is InChI=1S/C16H16O2/c17-15-9-1-5-10(15)2-6(9)13(5)14-7-3-11-8(14)4-12(7)16(11)18/h5-12H,1-4H2/t5-,6-,7+,8+,9-,10-,11+,12+. The number of allylic oxidation sites excluding steroid dienone is 2. The Bertz CT molecular complexity index is 478. The first-order chi connectivity index (χ1) is 8.75. The van der Waals surface area contributed by atoms with Crippen LogP contribution in [0.3, 0.4) is 0 Å². The predicted molar refractivity (Wildman–Crippen MR) is 63.4 cm³/mol. The lowest BCUT2D eigenvalue weighted by Crippen LogP contribution is -2.20. The van der Waals surface area contributed by atoms with E-state index in [1.807, 2.05) is 0 Å². The quantitative estimate of drug-likeness (QED) is 0.607. The summed E-state index contributed by atoms with van der Waals surface area (Å²) in [7, 11) is 0. The van der Waals surface area contributed by atoms with Gasteiger partial charge < -0.3 is 0 Å². The number of Topliss-reactive ketones (excluding diaryl/α,β-unsaturated/α-hetero) is 2. The highest BCUT2D eigenvalue weighted by Gasteiger charge is 2.68. The highest BCUT2D eigenvalue weighted by atomic mass is 16.1. The summed E-state index contributed by atoms with van der Waals surface area (Å²) in [5.74, 6) is 5.25. The monoisotopic (exact) mass is 240 g/mol. The van der Waals surface area contributed by atoms with Crippen molar-refractivity contribution >= 4 is 11.6 Å². The maximum atomic E-state index is 12.0. The fourth-order valence-electron chi connectivity index (χ4n) is 7.00. The zero-order valence-corrected chi connectivity index (χ0v) is 10.3. The van der Waals surface area contributed by atoms with Gasteiger partial charge >= 0.3 is 0 Å². The zero-order valence-electron chi connectivity index (χ0n) is 10.3. The molecule has 0 aliphatic heterocycles. The molecule has 0 amide bonds. The van der Waals surface area contributed by atoms with Gasteiger partial charge in [0.2, 0.25) is 0 Å². The molecule has 0 aromatic heterocycles. The van der Waals surface area contributed by atoms with Gasteiger partial charge in [-0.3, -0.25) is 9.59 Å². The molecule has 0 aromatic rings. The average molecular weight is 240 g/mol. The van der Waals surface area contributed by atoms with Crippen molar-refractivity contribution in [1.29, 1.82) is 0 Å². The molecule has 8 aliphatic carbocycles. The van der Waals surface area contributed by atoms with Crippen molar-refractivity contribution in [3.63, 3.8) is 0 Å². The van der Waals surface area contributed by atoms with Crippen molar-refractivity contribution in [2.45, 2.75) is 25.7 Å². The third-order valence-electron chi connectivity index (χ3n) is 7.37. The summed E-state index contributed by atoms with van der Waals surface area (Å²) in [5.41, 5.74) is 3.44. The third-order valence-corrected chi connectivity index (χ3v) is 7.37. The Hall–Kier alpha value is -0.920. The van der Waals surface area contributed by atoms with Crippen LogP contribution in [-0.4, -0.2) is 11.6 Å². The van der Waals surface area contributed by atoms with Gasteiger partial charge in [0.25, 0.3) is 0 Å². The van der Waals surface area contributed by atoms with Crippen LogP contribution >= 0.6 is 0 Å². The fraction of sp³-hybridized carbons (Fsp3) is 0.750. The van der Waals surface area contributed by atoms with E-state index >= 15 is 0 Å². The summed E-state index contributed by atoms with van der Waals surface area (Å²) in [5, 5.41) is 0. The number of hydrogen-bond donors (Lipinski definition) is 0. The second-order valence-electron chi connectivity index (χ2n) is 7.51. The second kappa shape index (κ2) is 2.39. The number of rotatable bonds is 0. The number of ketones is 2. The van der Waals surface area contributed by atoms with Crippen molar-refractivity contribution in [1.82, 2.24) is 0 Å². The predicted octanol–water partition coefficient (Wildman–Crippen LogP) is 1.99. The molecule has 8 atom stereocenters. The summed E-state index contributed by atoms with van der Waals surface area (Å²) in [4.78, 5) is 24.0. The van der Waals surface area contributed by atoms with E-state index in [-0.39, 0.29) is 0 Å². The van der Waals surface area contributed by atoms with Crippen molar-refractivity contribution in [2.24, 2.45) is 47.3 Å². The number of hydrogen-bond acceptors (Lipinski definition) is 2. The van der Waals surface area contributed by atoms with Crippen molar-refractivity contribution in [3.8, 4) is 0 Å². The minimum Gasteiger partial charge on any atom is -0.299 e. The van der Waals surface area contributed by atoms with Crippen LogP contribution in [0.15, 0.2) is 11.1 Å². The highest BCUT2D eigenvalue weighted by molar-refractivity contribution is 5.94. The zero-order chi connectivity index (χ0) is 11.8. The molecule has 0 saturated heterocycles. The van der Waals surface area contributed by atoms with Crippen LogP contribution in [0.1, 0.15) is 25.7 Å². The summed E-state index contributed by atoms with van der Waals surface area (Å²) in [6.07, 6.45) is 4.65. The Labute approximate surface area is 106 Å². The van der Waals surface area contributed by atoms with Gasteiger partial charge in [-0.15, -0.1) is 0 Å². The fourth-order valence-corrected chi connectivity index (χ4v) is 7.00. The van der Waals surface area contributed by atoms with E-state index in [0.717, 1.165) is 25.7 Å². The minimum absolute atomic E-state index is 0.398. The van der Waals surface area contributed by atoms with Crippen LogP contribution in [0.4, 0.5) is 0 Å². The van der Waals surface area contributed by atoms with Gasteiger partial charge in [0, 0.05) is 23.7 Å². The molecule has 0 heterocycles. The molecule has 8 rings (SSSR count). The first-order valence-electron chi connectivity index (χ1n) is 7.57. The lowest BCUT2D eigenvalue weighted by Gasteiger charge is -2.21. The lowest BCUT2D eigenvalue weighted by molar-refractivity contribution is -0.123. The van der Waals surface area contributed by atoms with E-state index in [0.29, 0.717) is 58.9 Å². The Morgan fingerprint density at radius 2 is 0.778 bits per heavy atom. The molecule has 0 aromatic carbocycles. The Morgan fingerprint density at radius 3 is 1.00 bits per heavy atom. The van der Waals surface area contributed by atoms with Gasteiger partial charge in [-0.2, -0.15) is 0 Å². The molecule has 0 radical (unpaired) electrons. The first-order valence-corrected chi connectivity index (χ1v) is 7.57. The normalized spacial score (nSPS) is 61.6. The van der Waals surface area contributed by atoms with E-state index in [1.54, 1.807) is 11.1 Å². The van der Waals surface area contributed by atoms with Crippen LogP contribution in [0.25, 0.3) is 0 Å². The van der Waals surface area contributed by atoms with Crippen LogP contribution < -0.4 is 0 Å². The van der Waals surface area contributed by atoms with Gasteiger partial charge in [0.1, 0.15) is 11.6 Å². The van der Waals surface area contributed by atoms with Crippen molar-refractivity contribution < 1.29 is 9.59 Å². The van der Waals surface area contributed by atoms with Gasteiger partial charge in [-0.25, -0.2) is 0 Å². The van der Waals surface area contributed by atoms with Crippen LogP contribution in [-0.2, 0) is 9.59 Å². The summed E-state index contributed by atoms with van der Waals surface area (Å²) < 4.78 is 0. The smallest absolute Gasteiger partial charge is 0.140 e. The molecule has 0 spiro atoms. The Kier molecular flexibility index (Phi) is 1.20. The lowest BCUT2D eigenvalue weighted by atomic mass is 9.83. The van der Waals surface area contributed by atoms with Gasteiger partial charge in [-0.05, 0) is 49.4 Å². The number of carbonyl (C=O) groups excluding carboxylic acids is 2. The molecule has 8 fully saturated rings. The molecule has 0 N–H and O–H groups in total. The van der Waals surface area contributed by atoms with Gasteiger partial charge in [0.05, 0.1) is 0 Å².